The molecule has 32 heavy (non-hydrogen) atoms. The summed E-state index contributed by atoms with van der Waals surface area (Å²) in [6, 6.07) is 15.8. The van der Waals surface area contributed by atoms with Crippen molar-refractivity contribution < 1.29 is 9.90 Å². The second-order valence-corrected chi connectivity index (χ2v) is 9.53. The van der Waals surface area contributed by atoms with Crippen LogP contribution in [0, 0.1) is 6.92 Å². The Morgan fingerprint density at radius 1 is 1.19 bits per heavy atom. The van der Waals surface area contributed by atoms with Crippen molar-refractivity contribution in [1.29, 1.82) is 0 Å². The average Bonchev–Trinajstić information content (AvgIpc) is 3.11. The van der Waals surface area contributed by atoms with Gasteiger partial charge in [0, 0.05) is 23.3 Å². The first-order valence-electron chi connectivity index (χ1n) is 10.4. The molecule has 0 bridgehead atoms. The molecule has 3 aromatic carbocycles. The number of benzene rings is 3. The smallest absolute Gasteiger partial charge is 0.250 e. The van der Waals surface area contributed by atoms with E-state index in [4.69, 9.17) is 5.73 Å². The molecule has 0 saturated heterocycles. The Hall–Kier alpha value is -3.22. The van der Waals surface area contributed by atoms with Crippen molar-refractivity contribution in [3.05, 3.63) is 77.2 Å². The molecule has 1 heterocycles. The molecule has 0 unspecified atom stereocenters. The number of aromatic nitrogens is 1. The topological polar surface area (TPSA) is 82.3 Å². The molecule has 0 aliphatic carbocycles. The Morgan fingerprint density at radius 3 is 2.59 bits per heavy atom. The van der Waals surface area contributed by atoms with E-state index in [9.17, 15) is 9.90 Å². The highest BCUT2D eigenvalue weighted by atomic mass is 32.2. The molecule has 4 aromatic rings. The van der Waals surface area contributed by atoms with Gasteiger partial charge in [0.15, 0.2) is 0 Å². The van der Waals surface area contributed by atoms with Crippen molar-refractivity contribution in [2.75, 3.05) is 11.4 Å². The van der Waals surface area contributed by atoms with Gasteiger partial charge in [-0.2, -0.15) is 0 Å². The maximum atomic E-state index is 12.2. The maximum absolute atomic E-state index is 12.2. The molecule has 164 valence electrons. The van der Waals surface area contributed by atoms with Crippen LogP contribution in [0.25, 0.3) is 32.9 Å². The molecule has 1 amide bonds. The Labute approximate surface area is 192 Å². The van der Waals surface area contributed by atoms with Crippen molar-refractivity contribution in [1.82, 2.24) is 4.98 Å². The quantitative estimate of drug-likeness (QED) is 0.325. The lowest BCUT2D eigenvalue weighted by molar-refractivity contribution is 0.0787. The number of hydrogen-bond acceptors (Lipinski definition) is 4. The number of carbonyl (C=O) groups is 1. The summed E-state index contributed by atoms with van der Waals surface area (Å²) in [5.74, 6) is -0.483. The highest BCUT2D eigenvalue weighted by Gasteiger charge is 2.21. The van der Waals surface area contributed by atoms with Gasteiger partial charge in [0.25, 0.3) is 5.91 Å². The van der Waals surface area contributed by atoms with Crippen LogP contribution in [-0.4, -0.2) is 23.0 Å². The number of aliphatic hydroxyl groups is 1. The van der Waals surface area contributed by atoms with E-state index in [1.807, 2.05) is 37.4 Å². The predicted molar refractivity (Wildman–Crippen MR) is 136 cm³/mol. The number of amides is 1. The zero-order valence-corrected chi connectivity index (χ0v) is 19.5. The highest BCUT2D eigenvalue weighted by Crippen LogP contribution is 2.40. The van der Waals surface area contributed by atoms with Crippen LogP contribution in [-0.2, 0) is 5.60 Å². The summed E-state index contributed by atoms with van der Waals surface area (Å²) < 4.78 is 2.08. The normalized spacial score (nSPS) is 11.8. The van der Waals surface area contributed by atoms with Crippen LogP contribution < -0.4 is 10.0 Å². The summed E-state index contributed by atoms with van der Waals surface area (Å²) in [6.07, 6.45) is 0. The minimum atomic E-state index is -0.973. The third kappa shape index (κ3) is 3.66. The van der Waals surface area contributed by atoms with E-state index in [0.717, 1.165) is 44.2 Å². The zero-order valence-electron chi connectivity index (χ0n) is 18.7. The minimum Gasteiger partial charge on any atom is -0.386 e. The van der Waals surface area contributed by atoms with Crippen LogP contribution in [0.5, 0.6) is 0 Å². The van der Waals surface area contributed by atoms with Gasteiger partial charge >= 0.3 is 0 Å². The molecule has 4 rings (SSSR count). The number of nitrogens with two attached hydrogens (primary N) is 1. The average molecular weight is 446 g/mol. The monoisotopic (exact) mass is 445 g/mol. The number of H-pyrrole nitrogens is 1. The molecule has 5 nitrogen and oxygen atoms in total. The second-order valence-electron chi connectivity index (χ2n) is 8.44. The lowest BCUT2D eigenvalue weighted by Crippen LogP contribution is -2.14. The maximum Gasteiger partial charge on any atom is 0.250 e. The van der Waals surface area contributed by atoms with Crippen molar-refractivity contribution in [3.63, 3.8) is 0 Å². The Morgan fingerprint density at radius 2 is 1.94 bits per heavy atom. The van der Waals surface area contributed by atoms with Gasteiger partial charge in [0.2, 0.25) is 0 Å². The van der Waals surface area contributed by atoms with Gasteiger partial charge in [-0.15, -0.1) is 0 Å². The van der Waals surface area contributed by atoms with Crippen molar-refractivity contribution in [2.24, 2.45) is 5.73 Å². The SMILES string of the molecule is C=CSN(C)c1cccc(-c2ccc(C(N)=O)c3[nH]c4cc(C(C)(C)O)ccc4c23)c1C. The van der Waals surface area contributed by atoms with Gasteiger partial charge in [0.1, 0.15) is 0 Å². The zero-order chi connectivity index (χ0) is 23.2. The highest BCUT2D eigenvalue weighted by molar-refractivity contribution is 8.03. The fourth-order valence-corrected chi connectivity index (χ4v) is 4.78. The number of carbonyl (C=O) groups excluding carboxylic acids is 1. The molecule has 0 fully saturated rings. The molecular formula is C26H27N3O2S. The summed E-state index contributed by atoms with van der Waals surface area (Å²) >= 11 is 1.53. The molecule has 0 radical (unpaired) electrons. The number of nitrogens with one attached hydrogen (secondary N) is 1. The van der Waals surface area contributed by atoms with Crippen LogP contribution >= 0.6 is 11.9 Å². The Balaban J connectivity index is 2.05. The number of primary amides is 1. The molecule has 0 atom stereocenters. The van der Waals surface area contributed by atoms with Gasteiger partial charge in [0.05, 0.1) is 22.4 Å². The summed E-state index contributed by atoms with van der Waals surface area (Å²) in [4.78, 5) is 15.6. The van der Waals surface area contributed by atoms with E-state index in [1.54, 1.807) is 25.3 Å². The largest absolute Gasteiger partial charge is 0.386 e. The number of nitrogens with zero attached hydrogens (tertiary/aromatic N) is 1. The van der Waals surface area contributed by atoms with E-state index in [2.05, 4.69) is 34.9 Å². The number of hydrogen-bond donors (Lipinski definition) is 3. The molecule has 0 aliphatic rings. The van der Waals surface area contributed by atoms with Gasteiger partial charge in [-0.05, 0) is 78.6 Å². The van der Waals surface area contributed by atoms with Gasteiger partial charge in [-0.3, -0.25) is 4.79 Å². The standard InChI is InChI=1S/C26H27N3O2S/c1-6-32-29(5)22-9-7-8-17(15(22)2)18-12-13-20(25(27)30)24-23(18)19-11-10-16(26(3,4)31)14-21(19)28-24/h6-14,28,31H,1H2,2-5H3,(H2,27,30). The van der Waals surface area contributed by atoms with Crippen molar-refractivity contribution >= 4 is 45.3 Å². The van der Waals surface area contributed by atoms with Crippen molar-refractivity contribution in [3.8, 4) is 11.1 Å². The second kappa shape index (κ2) is 8.04. The molecule has 0 aliphatic heterocycles. The molecule has 6 heteroatoms. The number of anilines is 1. The summed E-state index contributed by atoms with van der Waals surface area (Å²) in [6.45, 7) is 9.42. The first kappa shape index (κ1) is 22.0. The van der Waals surface area contributed by atoms with E-state index < -0.39 is 11.5 Å². The van der Waals surface area contributed by atoms with Crippen LogP contribution in [0.4, 0.5) is 5.69 Å². The number of rotatable bonds is 6. The van der Waals surface area contributed by atoms with Gasteiger partial charge in [-0.1, -0.05) is 36.9 Å². The Kier molecular flexibility index (Phi) is 5.53. The fraction of sp³-hybridized carbons (Fsp3) is 0.192. The molecule has 0 saturated carbocycles. The summed E-state index contributed by atoms with van der Waals surface area (Å²) in [5.41, 5.74) is 11.8. The molecule has 1 aromatic heterocycles. The van der Waals surface area contributed by atoms with Crippen molar-refractivity contribution in [2.45, 2.75) is 26.4 Å². The van der Waals surface area contributed by atoms with E-state index in [0.29, 0.717) is 11.1 Å². The van der Waals surface area contributed by atoms with E-state index >= 15 is 0 Å². The van der Waals surface area contributed by atoms with Crippen LogP contribution in [0.15, 0.2) is 60.5 Å². The summed E-state index contributed by atoms with van der Waals surface area (Å²) in [5, 5.41) is 14.2. The molecule has 0 spiro atoms. The molecular weight excluding hydrogens is 418 g/mol. The van der Waals surface area contributed by atoms with E-state index in [1.165, 1.54) is 11.9 Å². The van der Waals surface area contributed by atoms with Gasteiger partial charge < -0.3 is 20.1 Å². The number of aromatic amines is 1. The lowest BCUT2D eigenvalue weighted by Gasteiger charge is -2.21. The first-order valence-corrected chi connectivity index (χ1v) is 11.2. The predicted octanol–water partition coefficient (Wildman–Crippen LogP) is 5.85. The van der Waals surface area contributed by atoms with Crippen LogP contribution in [0.1, 0.15) is 35.3 Å². The summed E-state index contributed by atoms with van der Waals surface area (Å²) in [7, 11) is 2.01. The van der Waals surface area contributed by atoms with Crippen LogP contribution in [0.2, 0.25) is 0 Å². The Bertz CT molecular complexity index is 1370. The lowest BCUT2D eigenvalue weighted by atomic mass is 9.92. The third-order valence-corrected chi connectivity index (χ3v) is 6.56. The minimum absolute atomic E-state index is 0.442. The molecule has 4 N–H and O–H groups in total. The third-order valence-electron chi connectivity index (χ3n) is 5.89. The number of fused-ring (bicyclic) bond motifs is 3. The van der Waals surface area contributed by atoms with Gasteiger partial charge in [-0.25, -0.2) is 0 Å². The van der Waals surface area contributed by atoms with E-state index in [-0.39, 0.29) is 0 Å². The van der Waals surface area contributed by atoms with Crippen LogP contribution in [0.3, 0.4) is 0 Å². The first-order chi connectivity index (χ1) is 15.1. The fourth-order valence-electron chi connectivity index (χ4n) is 4.25.